The van der Waals surface area contributed by atoms with Gasteiger partial charge in [0, 0.05) is 37.5 Å². The topological polar surface area (TPSA) is 86.5 Å². The molecule has 0 saturated carbocycles. The lowest BCUT2D eigenvalue weighted by molar-refractivity contribution is 0.0951. The molecule has 1 amide bonds. The van der Waals surface area contributed by atoms with Crippen molar-refractivity contribution in [1.29, 1.82) is 0 Å². The number of hydrogen-bond donors (Lipinski definition) is 2. The van der Waals surface area contributed by atoms with E-state index in [1.165, 1.54) is 0 Å². The Morgan fingerprint density at radius 3 is 2.13 bits per heavy atom. The minimum atomic E-state index is -0.191. The van der Waals surface area contributed by atoms with Crippen LogP contribution in [0.25, 0.3) is 0 Å². The molecule has 0 aliphatic heterocycles. The summed E-state index contributed by atoms with van der Waals surface area (Å²) in [7, 11) is 5.52. The van der Waals surface area contributed by atoms with Crippen LogP contribution in [0.2, 0.25) is 0 Å². The lowest BCUT2D eigenvalue weighted by Crippen LogP contribution is -2.22. The van der Waals surface area contributed by atoms with Crippen molar-refractivity contribution in [2.24, 2.45) is 10.2 Å². The van der Waals surface area contributed by atoms with Gasteiger partial charge in [-0.1, -0.05) is 6.07 Å². The predicted octanol–water partition coefficient (Wildman–Crippen LogP) is 4.60. The number of carbonyl (C=O) groups is 1. The maximum absolute atomic E-state index is 12.4. The Morgan fingerprint density at radius 2 is 1.58 bits per heavy atom. The number of aliphatic hydroxyl groups is 1. The molecular formula is C24H26N4O3. The van der Waals surface area contributed by atoms with Gasteiger partial charge in [0.05, 0.1) is 25.1 Å². The summed E-state index contributed by atoms with van der Waals surface area (Å²) in [6, 6.07) is 20.2. The van der Waals surface area contributed by atoms with Crippen LogP contribution in [0.3, 0.4) is 0 Å². The van der Waals surface area contributed by atoms with Gasteiger partial charge in [-0.3, -0.25) is 4.79 Å². The second kappa shape index (κ2) is 10.4. The van der Waals surface area contributed by atoms with Crippen LogP contribution in [-0.2, 0) is 13.2 Å². The fraction of sp³-hybridized carbons (Fsp3) is 0.208. The zero-order valence-corrected chi connectivity index (χ0v) is 17.9. The van der Waals surface area contributed by atoms with Crippen molar-refractivity contribution in [1.82, 2.24) is 5.32 Å². The lowest BCUT2D eigenvalue weighted by atomic mass is 10.1. The molecule has 0 saturated heterocycles. The molecule has 3 rings (SSSR count). The molecule has 2 N–H and O–H groups in total. The van der Waals surface area contributed by atoms with Gasteiger partial charge in [-0.25, -0.2) is 0 Å². The molecule has 3 aromatic rings. The SMILES string of the molecule is COc1ccc(CNC(=O)c2ccc(/N=N/c3ccc(N(C)C)cc3)cc2)cc1CO. The van der Waals surface area contributed by atoms with Gasteiger partial charge in [-0.15, -0.1) is 0 Å². The summed E-state index contributed by atoms with van der Waals surface area (Å²) in [5.74, 6) is 0.431. The Morgan fingerprint density at radius 1 is 0.968 bits per heavy atom. The zero-order valence-electron chi connectivity index (χ0n) is 17.9. The molecule has 0 heterocycles. The number of carbonyl (C=O) groups excluding carboxylic acids is 1. The van der Waals surface area contributed by atoms with Crippen LogP contribution in [0.1, 0.15) is 21.5 Å². The summed E-state index contributed by atoms with van der Waals surface area (Å²) in [4.78, 5) is 14.4. The van der Waals surface area contributed by atoms with Gasteiger partial charge in [0.15, 0.2) is 0 Å². The second-order valence-electron chi connectivity index (χ2n) is 7.14. The summed E-state index contributed by atoms with van der Waals surface area (Å²) in [5, 5.41) is 20.8. The second-order valence-corrected chi connectivity index (χ2v) is 7.14. The highest BCUT2D eigenvalue weighted by atomic mass is 16.5. The summed E-state index contributed by atoms with van der Waals surface area (Å²) < 4.78 is 5.19. The highest BCUT2D eigenvalue weighted by Crippen LogP contribution is 2.22. The van der Waals surface area contributed by atoms with E-state index in [2.05, 4.69) is 15.5 Å². The molecule has 0 fully saturated rings. The average molecular weight is 418 g/mol. The Kier molecular flexibility index (Phi) is 7.35. The van der Waals surface area contributed by atoms with E-state index in [-0.39, 0.29) is 12.5 Å². The summed E-state index contributed by atoms with van der Waals surface area (Å²) in [5.41, 5.74) is 4.61. The predicted molar refractivity (Wildman–Crippen MR) is 121 cm³/mol. The first-order valence-electron chi connectivity index (χ1n) is 9.84. The normalized spacial score (nSPS) is 10.8. The van der Waals surface area contributed by atoms with E-state index in [1.807, 2.05) is 55.4 Å². The van der Waals surface area contributed by atoms with Crippen molar-refractivity contribution in [3.63, 3.8) is 0 Å². The van der Waals surface area contributed by atoms with E-state index in [1.54, 1.807) is 37.4 Å². The van der Waals surface area contributed by atoms with Crippen LogP contribution in [0, 0.1) is 0 Å². The van der Waals surface area contributed by atoms with Crippen molar-refractivity contribution in [2.75, 3.05) is 26.1 Å². The lowest BCUT2D eigenvalue weighted by Gasteiger charge is -2.11. The Hall–Kier alpha value is -3.71. The van der Waals surface area contributed by atoms with Gasteiger partial charge < -0.3 is 20.1 Å². The van der Waals surface area contributed by atoms with Gasteiger partial charge in [0.2, 0.25) is 0 Å². The number of amides is 1. The Balaban J connectivity index is 1.58. The number of aliphatic hydroxyl groups excluding tert-OH is 1. The van der Waals surface area contributed by atoms with Gasteiger partial charge in [0.1, 0.15) is 5.75 Å². The fourth-order valence-electron chi connectivity index (χ4n) is 2.96. The summed E-state index contributed by atoms with van der Waals surface area (Å²) in [6.07, 6.45) is 0. The molecule has 3 aromatic carbocycles. The number of rotatable bonds is 8. The molecular weight excluding hydrogens is 392 g/mol. The van der Waals surface area contributed by atoms with Crippen molar-refractivity contribution in [2.45, 2.75) is 13.2 Å². The van der Waals surface area contributed by atoms with Crippen molar-refractivity contribution in [3.05, 3.63) is 83.4 Å². The van der Waals surface area contributed by atoms with Crippen molar-refractivity contribution < 1.29 is 14.6 Å². The number of anilines is 1. The largest absolute Gasteiger partial charge is 0.496 e. The molecule has 0 aliphatic carbocycles. The van der Waals surface area contributed by atoms with E-state index >= 15 is 0 Å². The maximum Gasteiger partial charge on any atom is 0.251 e. The van der Waals surface area contributed by atoms with E-state index < -0.39 is 0 Å². The molecule has 0 spiro atoms. The molecule has 7 nitrogen and oxygen atoms in total. The third kappa shape index (κ3) is 5.90. The van der Waals surface area contributed by atoms with Crippen LogP contribution in [0.5, 0.6) is 5.75 Å². The van der Waals surface area contributed by atoms with Gasteiger partial charge >= 0.3 is 0 Å². The molecule has 31 heavy (non-hydrogen) atoms. The molecule has 160 valence electrons. The fourth-order valence-corrected chi connectivity index (χ4v) is 2.96. The number of azo groups is 1. The monoisotopic (exact) mass is 418 g/mol. The van der Waals surface area contributed by atoms with Gasteiger partial charge in [0.25, 0.3) is 5.91 Å². The molecule has 0 atom stereocenters. The number of benzene rings is 3. The first-order valence-corrected chi connectivity index (χ1v) is 9.84. The van der Waals surface area contributed by atoms with Gasteiger partial charge in [-0.05, 0) is 66.2 Å². The third-order valence-electron chi connectivity index (χ3n) is 4.74. The Labute approximate surface area is 182 Å². The molecule has 0 aliphatic rings. The number of ether oxygens (including phenoxy) is 1. The molecule has 7 heteroatoms. The standard InChI is InChI=1S/C24H26N4O3/c1-28(2)22-11-9-21(10-12-22)27-26-20-7-5-18(6-8-20)24(30)25-15-17-4-13-23(31-3)19(14-17)16-29/h4-14,29H,15-16H2,1-3H3,(H,25,30)/b27-26+. The van der Waals surface area contributed by atoms with Crippen LogP contribution >= 0.6 is 0 Å². The quantitative estimate of drug-likeness (QED) is 0.524. The minimum Gasteiger partial charge on any atom is -0.496 e. The van der Waals surface area contributed by atoms with Gasteiger partial charge in [-0.2, -0.15) is 10.2 Å². The first kappa shape index (κ1) is 22.0. The summed E-state index contributed by atoms with van der Waals surface area (Å²) >= 11 is 0. The van der Waals surface area contributed by atoms with E-state index in [4.69, 9.17) is 4.74 Å². The van der Waals surface area contributed by atoms with E-state index in [0.29, 0.717) is 29.1 Å². The molecule has 0 radical (unpaired) electrons. The number of hydrogen-bond acceptors (Lipinski definition) is 6. The number of nitrogens with one attached hydrogen (secondary N) is 1. The number of methoxy groups -OCH3 is 1. The first-order chi connectivity index (χ1) is 15.0. The zero-order chi connectivity index (χ0) is 22.2. The molecule has 0 bridgehead atoms. The van der Waals surface area contributed by atoms with E-state index in [9.17, 15) is 9.90 Å². The smallest absolute Gasteiger partial charge is 0.251 e. The third-order valence-corrected chi connectivity index (χ3v) is 4.74. The van der Waals surface area contributed by atoms with E-state index in [0.717, 1.165) is 16.9 Å². The highest BCUT2D eigenvalue weighted by Gasteiger charge is 2.07. The van der Waals surface area contributed by atoms with Crippen LogP contribution in [0.15, 0.2) is 77.0 Å². The van der Waals surface area contributed by atoms with Crippen molar-refractivity contribution >= 4 is 23.0 Å². The van der Waals surface area contributed by atoms with Crippen LogP contribution in [0.4, 0.5) is 17.1 Å². The molecule has 0 unspecified atom stereocenters. The highest BCUT2D eigenvalue weighted by molar-refractivity contribution is 5.94. The van der Waals surface area contributed by atoms with Crippen LogP contribution in [-0.4, -0.2) is 32.2 Å². The van der Waals surface area contributed by atoms with Crippen LogP contribution < -0.4 is 15.0 Å². The number of nitrogens with zero attached hydrogens (tertiary/aromatic N) is 3. The maximum atomic E-state index is 12.4. The Bertz CT molecular complexity index is 1050. The average Bonchev–Trinajstić information content (AvgIpc) is 2.81. The summed E-state index contributed by atoms with van der Waals surface area (Å²) in [6.45, 7) is 0.223. The molecule has 0 aromatic heterocycles. The minimum absolute atomic E-state index is 0.124. The van der Waals surface area contributed by atoms with Crippen molar-refractivity contribution in [3.8, 4) is 5.75 Å².